The van der Waals surface area contributed by atoms with Crippen LogP contribution in [0.25, 0.3) is 0 Å². The zero-order valence-corrected chi connectivity index (χ0v) is 13.5. The Morgan fingerprint density at radius 1 is 1.24 bits per heavy atom. The number of aryl methyl sites for hydroxylation is 1. The van der Waals surface area contributed by atoms with Gasteiger partial charge in [0.25, 0.3) is 0 Å². The zero-order chi connectivity index (χ0) is 15.2. The molecule has 0 bridgehead atoms. The van der Waals surface area contributed by atoms with E-state index < -0.39 is 0 Å². The van der Waals surface area contributed by atoms with Crippen molar-refractivity contribution in [3.05, 3.63) is 48.0 Å². The largest absolute Gasteiger partial charge is 0.316 e. The fourth-order valence-corrected chi connectivity index (χ4v) is 3.00. The minimum atomic E-state index is 0.352. The van der Waals surface area contributed by atoms with E-state index in [9.17, 15) is 0 Å². The Morgan fingerprint density at radius 3 is 2.48 bits per heavy atom. The summed E-state index contributed by atoms with van der Waals surface area (Å²) >= 11 is 0. The van der Waals surface area contributed by atoms with Crippen LogP contribution >= 0.6 is 0 Å². The van der Waals surface area contributed by atoms with Crippen LogP contribution in [0.1, 0.15) is 37.6 Å². The summed E-state index contributed by atoms with van der Waals surface area (Å²) in [6, 6.07) is 11.1. The number of nitrogens with one attached hydrogen (secondary N) is 1. The van der Waals surface area contributed by atoms with Crippen molar-refractivity contribution in [2.45, 2.75) is 38.6 Å². The molecule has 0 saturated heterocycles. The molecule has 3 unspecified atom stereocenters. The first kappa shape index (κ1) is 15.7. The van der Waals surface area contributed by atoms with Gasteiger partial charge in [-0.2, -0.15) is 5.10 Å². The smallest absolute Gasteiger partial charge is 0.138 e. The predicted molar refractivity (Wildman–Crippen MR) is 86.2 cm³/mol. The van der Waals surface area contributed by atoms with E-state index in [1.807, 2.05) is 18.8 Å². The van der Waals surface area contributed by atoms with E-state index in [1.54, 1.807) is 6.33 Å². The van der Waals surface area contributed by atoms with Gasteiger partial charge in [-0.25, -0.2) is 4.98 Å². The summed E-state index contributed by atoms with van der Waals surface area (Å²) in [5.74, 6) is 2.11. The van der Waals surface area contributed by atoms with Gasteiger partial charge in [-0.3, -0.25) is 4.68 Å². The maximum absolute atomic E-state index is 4.38. The van der Waals surface area contributed by atoms with Crippen molar-refractivity contribution in [3.8, 4) is 0 Å². The van der Waals surface area contributed by atoms with Gasteiger partial charge >= 0.3 is 0 Å². The number of nitrogens with zero attached hydrogens (tertiary/aromatic N) is 3. The van der Waals surface area contributed by atoms with E-state index in [-0.39, 0.29) is 0 Å². The monoisotopic (exact) mass is 286 g/mol. The van der Waals surface area contributed by atoms with Gasteiger partial charge in [0.2, 0.25) is 0 Å². The summed E-state index contributed by atoms with van der Waals surface area (Å²) in [5.41, 5.74) is 1.40. The molecule has 2 rings (SSSR count). The molecule has 0 radical (unpaired) electrons. The van der Waals surface area contributed by atoms with Crippen molar-refractivity contribution in [1.29, 1.82) is 0 Å². The Morgan fingerprint density at radius 2 is 1.95 bits per heavy atom. The molecule has 1 aromatic carbocycles. The predicted octanol–water partition coefficient (Wildman–Crippen LogP) is 2.78. The number of rotatable bonds is 7. The van der Waals surface area contributed by atoms with Crippen LogP contribution in [0.3, 0.4) is 0 Å². The molecule has 0 aliphatic carbocycles. The van der Waals surface area contributed by atoms with Crippen molar-refractivity contribution in [1.82, 2.24) is 20.1 Å². The zero-order valence-electron chi connectivity index (χ0n) is 13.5. The third-order valence-corrected chi connectivity index (χ3v) is 4.45. The van der Waals surface area contributed by atoms with E-state index in [0.29, 0.717) is 17.9 Å². The van der Waals surface area contributed by atoms with Crippen LogP contribution in [0.2, 0.25) is 0 Å². The second kappa shape index (κ2) is 7.36. The fourth-order valence-electron chi connectivity index (χ4n) is 3.00. The summed E-state index contributed by atoms with van der Waals surface area (Å²) in [7, 11) is 4.00. The van der Waals surface area contributed by atoms with Gasteiger partial charge in [-0.15, -0.1) is 0 Å². The van der Waals surface area contributed by atoms with Gasteiger partial charge in [0.15, 0.2) is 0 Å². The van der Waals surface area contributed by atoms with Crippen molar-refractivity contribution in [2.24, 2.45) is 13.0 Å². The van der Waals surface area contributed by atoms with Crippen molar-refractivity contribution >= 4 is 0 Å². The molecule has 4 heteroatoms. The summed E-state index contributed by atoms with van der Waals surface area (Å²) in [4.78, 5) is 4.38. The van der Waals surface area contributed by atoms with Crippen LogP contribution in [0.4, 0.5) is 0 Å². The topological polar surface area (TPSA) is 42.7 Å². The van der Waals surface area contributed by atoms with Gasteiger partial charge in [0, 0.05) is 25.4 Å². The molecule has 0 spiro atoms. The molecule has 114 valence electrons. The Hall–Kier alpha value is -1.68. The van der Waals surface area contributed by atoms with E-state index in [1.165, 1.54) is 5.56 Å². The van der Waals surface area contributed by atoms with Crippen LogP contribution in [0.5, 0.6) is 0 Å². The highest BCUT2D eigenvalue weighted by Crippen LogP contribution is 2.31. The molecular weight excluding hydrogens is 260 g/mol. The lowest BCUT2D eigenvalue weighted by Crippen LogP contribution is -2.38. The lowest BCUT2D eigenvalue weighted by atomic mass is 9.79. The fraction of sp³-hybridized carbons (Fsp3) is 0.529. The maximum Gasteiger partial charge on any atom is 0.138 e. The highest BCUT2D eigenvalue weighted by Gasteiger charge is 2.27. The molecule has 1 aromatic heterocycles. The van der Waals surface area contributed by atoms with Gasteiger partial charge in [0.1, 0.15) is 12.2 Å². The molecule has 2 aromatic rings. The molecule has 1 N–H and O–H groups in total. The van der Waals surface area contributed by atoms with E-state index in [4.69, 9.17) is 0 Å². The highest BCUT2D eigenvalue weighted by atomic mass is 15.3. The van der Waals surface area contributed by atoms with Crippen LogP contribution in [-0.4, -0.2) is 27.9 Å². The molecule has 21 heavy (non-hydrogen) atoms. The van der Waals surface area contributed by atoms with Crippen molar-refractivity contribution in [2.75, 3.05) is 7.05 Å². The lowest BCUT2D eigenvalue weighted by molar-refractivity contribution is 0.340. The Kier molecular flexibility index (Phi) is 5.51. The first-order valence-corrected chi connectivity index (χ1v) is 7.72. The van der Waals surface area contributed by atoms with E-state index in [2.05, 4.69) is 59.6 Å². The second-order valence-corrected chi connectivity index (χ2v) is 5.72. The van der Waals surface area contributed by atoms with E-state index in [0.717, 1.165) is 18.7 Å². The number of hydrogen-bond acceptors (Lipinski definition) is 3. The minimum Gasteiger partial charge on any atom is -0.316 e. The molecule has 0 aliphatic rings. The summed E-state index contributed by atoms with van der Waals surface area (Å²) in [6.07, 6.45) is 3.68. The molecule has 3 atom stereocenters. The summed E-state index contributed by atoms with van der Waals surface area (Å²) in [6.45, 7) is 4.59. The first-order chi connectivity index (χ1) is 10.2. The Balaban J connectivity index is 2.27. The standard InChI is InChI=1S/C17H26N4/c1-5-13(2)17(14-9-7-6-8-10-14)15(18-3)11-16-19-12-20-21(16)4/h6-10,12-13,15,17-18H,5,11H2,1-4H3. The summed E-state index contributed by atoms with van der Waals surface area (Å²) in [5, 5.41) is 7.68. The SMILES string of the molecule is CCC(C)C(c1ccccc1)C(Cc1ncnn1C)NC. The third kappa shape index (κ3) is 3.70. The van der Waals surface area contributed by atoms with Crippen LogP contribution < -0.4 is 5.32 Å². The highest BCUT2D eigenvalue weighted by molar-refractivity contribution is 5.22. The number of aromatic nitrogens is 3. The van der Waals surface area contributed by atoms with Gasteiger partial charge in [0.05, 0.1) is 0 Å². The Labute approximate surface area is 127 Å². The van der Waals surface area contributed by atoms with Gasteiger partial charge in [-0.1, -0.05) is 50.6 Å². The molecule has 4 nitrogen and oxygen atoms in total. The van der Waals surface area contributed by atoms with Crippen LogP contribution in [0, 0.1) is 5.92 Å². The quantitative estimate of drug-likeness (QED) is 0.851. The molecule has 0 aliphatic heterocycles. The van der Waals surface area contributed by atoms with Gasteiger partial charge < -0.3 is 5.32 Å². The first-order valence-electron chi connectivity index (χ1n) is 7.72. The van der Waals surface area contributed by atoms with E-state index >= 15 is 0 Å². The third-order valence-electron chi connectivity index (χ3n) is 4.45. The van der Waals surface area contributed by atoms with Crippen LogP contribution in [-0.2, 0) is 13.5 Å². The van der Waals surface area contributed by atoms with Crippen molar-refractivity contribution < 1.29 is 0 Å². The number of hydrogen-bond donors (Lipinski definition) is 1. The lowest BCUT2D eigenvalue weighted by Gasteiger charge is -2.31. The molecule has 1 heterocycles. The van der Waals surface area contributed by atoms with Crippen LogP contribution in [0.15, 0.2) is 36.7 Å². The normalized spacial score (nSPS) is 15.6. The average molecular weight is 286 g/mol. The molecular formula is C17H26N4. The number of benzene rings is 1. The Bertz CT molecular complexity index is 535. The van der Waals surface area contributed by atoms with Crippen molar-refractivity contribution in [3.63, 3.8) is 0 Å². The maximum atomic E-state index is 4.38. The second-order valence-electron chi connectivity index (χ2n) is 5.72. The average Bonchev–Trinajstić information content (AvgIpc) is 2.92. The molecule has 0 saturated carbocycles. The summed E-state index contributed by atoms with van der Waals surface area (Å²) < 4.78 is 1.86. The number of likely N-dealkylation sites (N-methyl/N-ethyl adjacent to an activating group) is 1. The van der Waals surface area contributed by atoms with Gasteiger partial charge in [-0.05, 0) is 18.5 Å². The molecule has 0 amide bonds. The minimum absolute atomic E-state index is 0.352. The molecule has 0 fully saturated rings.